The highest BCUT2D eigenvalue weighted by atomic mass is 35.5. The van der Waals surface area contributed by atoms with E-state index in [2.05, 4.69) is 4.98 Å². The van der Waals surface area contributed by atoms with E-state index in [0.29, 0.717) is 16.2 Å². The first-order valence-corrected chi connectivity index (χ1v) is 10.7. The van der Waals surface area contributed by atoms with E-state index in [4.69, 9.17) is 17.3 Å². The molecule has 1 amide bonds. The highest BCUT2D eigenvalue weighted by Crippen LogP contribution is 2.40. The van der Waals surface area contributed by atoms with Crippen LogP contribution < -0.4 is 16.2 Å². The molecule has 4 rings (SSSR count). The summed E-state index contributed by atoms with van der Waals surface area (Å²) < 4.78 is 0. The highest BCUT2D eigenvalue weighted by Gasteiger charge is 2.46. The lowest BCUT2D eigenvalue weighted by Crippen LogP contribution is -2.49. The van der Waals surface area contributed by atoms with Gasteiger partial charge in [-0.25, -0.2) is 0 Å². The molecule has 0 aliphatic carbocycles. The van der Waals surface area contributed by atoms with Crippen LogP contribution >= 0.6 is 11.6 Å². The number of aryl methyl sites for hydroxylation is 2. The maximum absolute atomic E-state index is 13.5. The summed E-state index contributed by atoms with van der Waals surface area (Å²) in [6.07, 6.45) is 0. The standard InChI is InChI=1S/C25H21ClN4O3/c1-12-8-13(2)17-10-18(24(32)29-20(17)9-12)22-19(11-27)23(28)30(25(33)21(22)14(3)31)16-6-4-15(26)5-7-16/h4-10,21-22H,28H2,1-3H3,(H,29,32)/t21-,22+/m0/s1. The number of nitrogens with one attached hydrogen (secondary N) is 1. The molecule has 2 atom stereocenters. The number of benzene rings is 2. The molecule has 7 nitrogen and oxygen atoms in total. The van der Waals surface area contributed by atoms with E-state index >= 15 is 0 Å². The monoisotopic (exact) mass is 460 g/mol. The second kappa shape index (κ2) is 8.23. The number of amides is 1. The fourth-order valence-electron chi connectivity index (χ4n) is 4.49. The Bertz CT molecular complexity index is 1450. The smallest absolute Gasteiger partial charge is 0.252 e. The van der Waals surface area contributed by atoms with Crippen LogP contribution in [-0.2, 0) is 9.59 Å². The van der Waals surface area contributed by atoms with Gasteiger partial charge in [-0.15, -0.1) is 0 Å². The van der Waals surface area contributed by atoms with Crippen LogP contribution in [0.3, 0.4) is 0 Å². The summed E-state index contributed by atoms with van der Waals surface area (Å²) >= 11 is 5.96. The first kappa shape index (κ1) is 22.3. The zero-order chi connectivity index (χ0) is 24.0. The number of carbonyl (C=O) groups is 2. The third-order valence-electron chi connectivity index (χ3n) is 5.97. The summed E-state index contributed by atoms with van der Waals surface area (Å²) in [6, 6.07) is 13.8. The number of aromatic nitrogens is 1. The van der Waals surface area contributed by atoms with Gasteiger partial charge in [0.15, 0.2) is 0 Å². The molecule has 0 spiro atoms. The summed E-state index contributed by atoms with van der Waals surface area (Å²) in [4.78, 5) is 43.3. The minimum Gasteiger partial charge on any atom is -0.384 e. The number of aromatic amines is 1. The zero-order valence-electron chi connectivity index (χ0n) is 18.3. The molecule has 2 heterocycles. The molecule has 0 bridgehead atoms. The van der Waals surface area contributed by atoms with Crippen LogP contribution in [0, 0.1) is 31.1 Å². The number of anilines is 1. The molecule has 3 N–H and O–H groups in total. The van der Waals surface area contributed by atoms with E-state index in [1.54, 1.807) is 30.3 Å². The lowest BCUT2D eigenvalue weighted by atomic mass is 9.75. The van der Waals surface area contributed by atoms with Gasteiger partial charge in [0.25, 0.3) is 5.56 Å². The van der Waals surface area contributed by atoms with Crippen molar-refractivity contribution in [2.24, 2.45) is 11.7 Å². The van der Waals surface area contributed by atoms with Gasteiger partial charge in [-0.05, 0) is 68.3 Å². The van der Waals surface area contributed by atoms with Crippen molar-refractivity contribution < 1.29 is 9.59 Å². The average Bonchev–Trinajstić information content (AvgIpc) is 2.74. The Labute approximate surface area is 195 Å². The Morgan fingerprint density at radius 1 is 1.15 bits per heavy atom. The van der Waals surface area contributed by atoms with Gasteiger partial charge < -0.3 is 10.7 Å². The molecule has 0 unspecified atom stereocenters. The number of nitrogens with zero attached hydrogens (tertiary/aromatic N) is 2. The number of allylic oxidation sites excluding steroid dienone is 1. The van der Waals surface area contributed by atoms with Crippen LogP contribution in [0.5, 0.6) is 0 Å². The SMILES string of the molecule is CC(=O)[C@@H]1C(=O)N(c2ccc(Cl)cc2)C(N)=C(C#N)[C@H]1c1cc2c(C)cc(C)cc2[nH]c1=O. The molecule has 1 aliphatic heterocycles. The number of Topliss-reactive ketones (excluding diaryl/α,β-unsaturated/α-hetero) is 1. The fraction of sp³-hybridized carbons (Fsp3) is 0.200. The van der Waals surface area contributed by atoms with E-state index < -0.39 is 29.1 Å². The van der Waals surface area contributed by atoms with Gasteiger partial charge in [0, 0.05) is 27.4 Å². The fourth-order valence-corrected chi connectivity index (χ4v) is 4.62. The molecule has 0 fully saturated rings. The van der Waals surface area contributed by atoms with E-state index in [9.17, 15) is 19.6 Å². The lowest BCUT2D eigenvalue weighted by molar-refractivity contribution is -0.132. The number of rotatable bonds is 3. The molecule has 2 aromatic carbocycles. The minimum atomic E-state index is -1.29. The molecular weight excluding hydrogens is 440 g/mol. The Kier molecular flexibility index (Phi) is 5.56. The van der Waals surface area contributed by atoms with Crippen molar-refractivity contribution in [3.05, 3.63) is 85.9 Å². The number of hydrogen-bond donors (Lipinski definition) is 2. The van der Waals surface area contributed by atoms with Gasteiger partial charge in [-0.2, -0.15) is 5.26 Å². The van der Waals surface area contributed by atoms with E-state index in [-0.39, 0.29) is 17.0 Å². The van der Waals surface area contributed by atoms with E-state index in [1.165, 1.54) is 6.92 Å². The molecule has 3 aromatic rings. The van der Waals surface area contributed by atoms with Gasteiger partial charge in [-0.1, -0.05) is 17.7 Å². The molecule has 8 heteroatoms. The highest BCUT2D eigenvalue weighted by molar-refractivity contribution is 6.30. The second-order valence-corrected chi connectivity index (χ2v) is 8.66. The largest absolute Gasteiger partial charge is 0.384 e. The summed E-state index contributed by atoms with van der Waals surface area (Å²) in [5, 5.41) is 11.2. The molecule has 0 saturated heterocycles. The molecule has 33 heavy (non-hydrogen) atoms. The number of pyridine rings is 1. The summed E-state index contributed by atoms with van der Waals surface area (Å²) in [7, 11) is 0. The number of fused-ring (bicyclic) bond motifs is 1. The first-order chi connectivity index (χ1) is 15.6. The second-order valence-electron chi connectivity index (χ2n) is 8.22. The third kappa shape index (κ3) is 3.69. The van der Waals surface area contributed by atoms with Gasteiger partial charge in [0.05, 0.1) is 17.3 Å². The molecular formula is C25H21ClN4O3. The number of halogens is 1. The van der Waals surface area contributed by atoms with Gasteiger partial charge in [-0.3, -0.25) is 19.3 Å². The van der Waals surface area contributed by atoms with E-state index in [0.717, 1.165) is 21.4 Å². The van der Waals surface area contributed by atoms with Gasteiger partial charge >= 0.3 is 0 Å². The molecule has 1 aromatic heterocycles. The van der Waals surface area contributed by atoms with Crippen molar-refractivity contribution in [1.29, 1.82) is 5.26 Å². The van der Waals surface area contributed by atoms with Gasteiger partial charge in [0.1, 0.15) is 17.5 Å². The third-order valence-corrected chi connectivity index (χ3v) is 6.22. The topological polar surface area (TPSA) is 120 Å². The van der Waals surface area contributed by atoms with Crippen molar-refractivity contribution in [2.75, 3.05) is 4.90 Å². The van der Waals surface area contributed by atoms with Gasteiger partial charge in [0.2, 0.25) is 5.91 Å². The van der Waals surface area contributed by atoms with Crippen molar-refractivity contribution in [1.82, 2.24) is 4.98 Å². The molecule has 0 saturated carbocycles. The number of H-pyrrole nitrogens is 1. The number of nitrogens with two attached hydrogens (primary N) is 1. The van der Waals surface area contributed by atoms with Crippen LogP contribution in [0.2, 0.25) is 5.02 Å². The van der Waals surface area contributed by atoms with Crippen LogP contribution in [0.15, 0.2) is 58.7 Å². The lowest BCUT2D eigenvalue weighted by Gasteiger charge is -2.36. The summed E-state index contributed by atoms with van der Waals surface area (Å²) in [5.41, 5.74) is 8.88. The summed E-state index contributed by atoms with van der Waals surface area (Å²) in [6.45, 7) is 5.10. The number of hydrogen-bond acceptors (Lipinski definition) is 5. The maximum Gasteiger partial charge on any atom is 0.252 e. The zero-order valence-corrected chi connectivity index (χ0v) is 19.0. The number of ketones is 1. The van der Waals surface area contributed by atoms with E-state index in [1.807, 2.05) is 32.0 Å². The Morgan fingerprint density at radius 2 is 1.82 bits per heavy atom. The Morgan fingerprint density at radius 3 is 2.42 bits per heavy atom. The first-order valence-electron chi connectivity index (χ1n) is 10.3. The molecule has 166 valence electrons. The predicted molar refractivity (Wildman–Crippen MR) is 127 cm³/mol. The Balaban J connectivity index is 1.99. The van der Waals surface area contributed by atoms with Crippen molar-refractivity contribution in [3.63, 3.8) is 0 Å². The normalized spacial score (nSPS) is 18.5. The molecule has 1 aliphatic rings. The average molecular weight is 461 g/mol. The van der Waals surface area contributed by atoms with Crippen LogP contribution in [0.4, 0.5) is 5.69 Å². The van der Waals surface area contributed by atoms with Crippen LogP contribution in [0.1, 0.15) is 29.5 Å². The molecule has 0 radical (unpaired) electrons. The van der Waals surface area contributed by atoms with Crippen molar-refractivity contribution >= 4 is 39.9 Å². The maximum atomic E-state index is 13.5. The van der Waals surface area contributed by atoms with Crippen LogP contribution in [0.25, 0.3) is 10.9 Å². The number of nitriles is 1. The Hall–Kier alpha value is -3.89. The number of carbonyl (C=O) groups excluding carboxylic acids is 2. The van der Waals surface area contributed by atoms with Crippen molar-refractivity contribution in [3.8, 4) is 6.07 Å². The van der Waals surface area contributed by atoms with Crippen molar-refractivity contribution in [2.45, 2.75) is 26.7 Å². The minimum absolute atomic E-state index is 0.0145. The summed E-state index contributed by atoms with van der Waals surface area (Å²) in [5.74, 6) is -3.58. The predicted octanol–water partition coefficient (Wildman–Crippen LogP) is 3.83. The van der Waals surface area contributed by atoms with Crippen LogP contribution in [-0.4, -0.2) is 16.7 Å². The quantitative estimate of drug-likeness (QED) is 0.575.